The minimum Gasteiger partial charge on any atom is -0.392 e. The van der Waals surface area contributed by atoms with E-state index >= 15 is 0 Å². The van der Waals surface area contributed by atoms with Crippen LogP contribution in [0.25, 0.3) is 0 Å². The number of benzene rings is 1. The van der Waals surface area contributed by atoms with Crippen molar-refractivity contribution in [3.05, 3.63) is 35.9 Å². The maximum absolute atomic E-state index is 10.3. The molecule has 0 spiro atoms. The van der Waals surface area contributed by atoms with E-state index in [1.165, 1.54) is 12.0 Å². The third-order valence-electron chi connectivity index (χ3n) is 3.61. The predicted molar refractivity (Wildman–Crippen MR) is 74.2 cm³/mol. The minimum absolute atomic E-state index is 0.155. The first-order valence-electron chi connectivity index (χ1n) is 6.68. The van der Waals surface area contributed by atoms with Crippen LogP contribution in [0.3, 0.4) is 0 Å². The van der Waals surface area contributed by atoms with Crippen LogP contribution < -0.4 is 0 Å². The zero-order valence-electron chi connectivity index (χ0n) is 11.6. The third kappa shape index (κ3) is 4.16. The van der Waals surface area contributed by atoms with E-state index in [1.807, 2.05) is 18.2 Å². The fourth-order valence-electron chi connectivity index (χ4n) is 2.14. The predicted octanol–water partition coefficient (Wildman–Crippen LogP) is 4.15. The lowest BCUT2D eigenvalue weighted by atomic mass is 9.77. The molecule has 17 heavy (non-hydrogen) atoms. The molecule has 1 aromatic carbocycles. The maximum Gasteiger partial charge on any atom is 0.0631 e. The summed E-state index contributed by atoms with van der Waals surface area (Å²) in [5.74, 6) is 0.724. The van der Waals surface area contributed by atoms with Crippen LogP contribution in [0, 0.1) is 5.92 Å². The summed E-state index contributed by atoms with van der Waals surface area (Å²) in [5, 5.41) is 10.3. The average molecular weight is 234 g/mol. The molecule has 0 aromatic heterocycles. The zero-order valence-corrected chi connectivity index (χ0v) is 11.6. The van der Waals surface area contributed by atoms with Crippen molar-refractivity contribution >= 4 is 0 Å². The van der Waals surface area contributed by atoms with Crippen molar-refractivity contribution in [3.8, 4) is 0 Å². The second-order valence-corrected chi connectivity index (χ2v) is 5.93. The Bertz CT molecular complexity index is 314. The molecule has 1 aromatic rings. The van der Waals surface area contributed by atoms with Gasteiger partial charge >= 0.3 is 0 Å². The topological polar surface area (TPSA) is 20.2 Å². The van der Waals surface area contributed by atoms with Gasteiger partial charge in [-0.25, -0.2) is 0 Å². The molecule has 0 aliphatic carbocycles. The summed E-state index contributed by atoms with van der Waals surface area (Å²) in [5.41, 5.74) is 1.06. The highest BCUT2D eigenvalue weighted by molar-refractivity contribution is 5.24. The summed E-state index contributed by atoms with van der Waals surface area (Å²) in [4.78, 5) is 0. The fraction of sp³-hybridized carbons (Fsp3) is 0.625. The van der Waals surface area contributed by atoms with E-state index in [0.29, 0.717) is 0 Å². The monoisotopic (exact) mass is 234 g/mol. The van der Waals surface area contributed by atoms with E-state index in [2.05, 4.69) is 39.8 Å². The summed E-state index contributed by atoms with van der Waals surface area (Å²) in [6.45, 7) is 8.72. The van der Waals surface area contributed by atoms with Crippen LogP contribution in [-0.2, 0) is 5.41 Å². The molecule has 0 aliphatic rings. The standard InChI is InChI=1S/C16H26O/c1-13(2)9-8-12-15(17)16(3,4)14-10-6-5-7-11-14/h5-7,10-11,13,15,17H,8-9,12H2,1-4H3. The highest BCUT2D eigenvalue weighted by Gasteiger charge is 2.28. The van der Waals surface area contributed by atoms with Gasteiger partial charge in [0.2, 0.25) is 0 Å². The Labute approximate surface area is 106 Å². The van der Waals surface area contributed by atoms with Gasteiger partial charge in [0, 0.05) is 5.41 Å². The SMILES string of the molecule is CC(C)CCCC(O)C(C)(C)c1ccccc1. The Kier molecular flexibility index (Phi) is 5.20. The number of aliphatic hydroxyl groups excluding tert-OH is 1. The molecule has 1 rings (SSSR count). The van der Waals surface area contributed by atoms with E-state index in [1.54, 1.807) is 0 Å². The van der Waals surface area contributed by atoms with Crippen LogP contribution in [0.5, 0.6) is 0 Å². The normalized spacial score (nSPS) is 14.0. The van der Waals surface area contributed by atoms with Gasteiger partial charge in [-0.05, 0) is 17.9 Å². The summed E-state index contributed by atoms with van der Waals surface area (Å²) >= 11 is 0. The largest absolute Gasteiger partial charge is 0.392 e. The number of aliphatic hydroxyl groups is 1. The van der Waals surface area contributed by atoms with E-state index < -0.39 is 0 Å². The molecule has 0 heterocycles. The molecule has 0 fully saturated rings. The first kappa shape index (κ1) is 14.2. The molecule has 0 aliphatic heterocycles. The van der Waals surface area contributed by atoms with E-state index in [0.717, 1.165) is 18.8 Å². The van der Waals surface area contributed by atoms with Crippen LogP contribution in [0.15, 0.2) is 30.3 Å². The molecular formula is C16H26O. The third-order valence-corrected chi connectivity index (χ3v) is 3.61. The lowest BCUT2D eigenvalue weighted by Crippen LogP contribution is -2.33. The summed E-state index contributed by atoms with van der Waals surface area (Å²) < 4.78 is 0. The van der Waals surface area contributed by atoms with Gasteiger partial charge in [0.25, 0.3) is 0 Å². The van der Waals surface area contributed by atoms with Gasteiger partial charge in [-0.2, -0.15) is 0 Å². The molecular weight excluding hydrogens is 208 g/mol. The van der Waals surface area contributed by atoms with E-state index in [4.69, 9.17) is 0 Å². The van der Waals surface area contributed by atoms with E-state index in [-0.39, 0.29) is 11.5 Å². The molecule has 1 N–H and O–H groups in total. The second kappa shape index (κ2) is 6.20. The molecule has 1 heteroatoms. The molecule has 0 amide bonds. The molecule has 0 saturated carbocycles. The maximum atomic E-state index is 10.3. The van der Waals surface area contributed by atoms with Crippen molar-refractivity contribution in [2.45, 2.75) is 58.5 Å². The molecule has 0 saturated heterocycles. The molecule has 0 radical (unpaired) electrons. The van der Waals surface area contributed by atoms with Gasteiger partial charge in [-0.15, -0.1) is 0 Å². The van der Waals surface area contributed by atoms with Crippen molar-refractivity contribution < 1.29 is 5.11 Å². The summed E-state index contributed by atoms with van der Waals surface area (Å²) in [6.07, 6.45) is 2.93. The first-order chi connectivity index (χ1) is 7.94. The van der Waals surface area contributed by atoms with Gasteiger partial charge in [-0.3, -0.25) is 0 Å². The zero-order chi connectivity index (χ0) is 12.9. The Hall–Kier alpha value is -0.820. The van der Waals surface area contributed by atoms with Crippen LogP contribution in [0.2, 0.25) is 0 Å². The molecule has 96 valence electrons. The van der Waals surface area contributed by atoms with Gasteiger partial charge in [0.15, 0.2) is 0 Å². The summed E-state index contributed by atoms with van der Waals surface area (Å²) in [6, 6.07) is 10.3. The Morgan fingerprint density at radius 3 is 2.18 bits per heavy atom. The van der Waals surface area contributed by atoms with Crippen molar-refractivity contribution in [1.29, 1.82) is 0 Å². The van der Waals surface area contributed by atoms with Crippen LogP contribution >= 0.6 is 0 Å². The van der Waals surface area contributed by atoms with Gasteiger partial charge in [-0.1, -0.05) is 70.9 Å². The van der Waals surface area contributed by atoms with Gasteiger partial charge in [0.05, 0.1) is 6.10 Å². The van der Waals surface area contributed by atoms with Gasteiger partial charge < -0.3 is 5.11 Å². The average Bonchev–Trinajstić information content (AvgIpc) is 2.29. The number of hydrogen-bond acceptors (Lipinski definition) is 1. The minimum atomic E-state index is -0.261. The highest BCUT2D eigenvalue weighted by Crippen LogP contribution is 2.29. The smallest absolute Gasteiger partial charge is 0.0631 e. The van der Waals surface area contributed by atoms with Crippen LogP contribution in [0.4, 0.5) is 0 Å². The highest BCUT2D eigenvalue weighted by atomic mass is 16.3. The van der Waals surface area contributed by atoms with Crippen molar-refractivity contribution in [3.63, 3.8) is 0 Å². The molecule has 0 bridgehead atoms. The van der Waals surface area contributed by atoms with Crippen LogP contribution in [0.1, 0.15) is 52.5 Å². The van der Waals surface area contributed by atoms with Crippen LogP contribution in [-0.4, -0.2) is 11.2 Å². The molecule has 1 unspecified atom stereocenters. The Morgan fingerprint density at radius 1 is 1.06 bits per heavy atom. The lowest BCUT2D eigenvalue weighted by Gasteiger charge is -2.31. The first-order valence-corrected chi connectivity index (χ1v) is 6.68. The number of rotatable bonds is 6. The molecule has 1 nitrogen and oxygen atoms in total. The number of hydrogen-bond donors (Lipinski definition) is 1. The Balaban J connectivity index is 2.58. The van der Waals surface area contributed by atoms with Gasteiger partial charge in [0.1, 0.15) is 0 Å². The quantitative estimate of drug-likeness (QED) is 0.784. The lowest BCUT2D eigenvalue weighted by molar-refractivity contribution is 0.0877. The van der Waals surface area contributed by atoms with Crippen molar-refractivity contribution in [2.75, 3.05) is 0 Å². The summed E-state index contributed by atoms with van der Waals surface area (Å²) in [7, 11) is 0. The van der Waals surface area contributed by atoms with E-state index in [9.17, 15) is 5.11 Å². The molecule has 1 atom stereocenters. The second-order valence-electron chi connectivity index (χ2n) is 5.93. The fourth-order valence-corrected chi connectivity index (χ4v) is 2.14. The van der Waals surface area contributed by atoms with Crippen molar-refractivity contribution in [1.82, 2.24) is 0 Å². The Morgan fingerprint density at radius 2 is 1.65 bits per heavy atom. The van der Waals surface area contributed by atoms with Crippen molar-refractivity contribution in [2.24, 2.45) is 5.92 Å².